The van der Waals surface area contributed by atoms with Gasteiger partial charge in [-0.05, 0) is 70.5 Å². The average Bonchev–Trinajstić information content (AvgIpc) is 3.30. The molecule has 0 spiro atoms. The molecule has 0 radical (unpaired) electrons. The highest BCUT2D eigenvalue weighted by Gasteiger charge is 2.27. The zero-order valence-electron chi connectivity index (χ0n) is 24.7. The summed E-state index contributed by atoms with van der Waals surface area (Å²) in [5, 5.41) is 5.03. The summed E-state index contributed by atoms with van der Waals surface area (Å²) < 4.78 is 4.06. The normalized spacial score (nSPS) is 11.6. The predicted octanol–water partition coefficient (Wildman–Crippen LogP) is 7.05. The standard InChI is InChI=1S/C36H36ClN5O/c1-3-39(4-2)21-22-40-33-19-11-12-20-34(33)42(36(40)38)25-35(43)41(32-18-10-9-17-31(32)37)24-30-28-15-7-5-13-26(28)23-27-14-6-8-16-29(27)30/h5-20,23,38H,3-4,21-22,24-25H2,1-2H3/p+1. The van der Waals surface area contributed by atoms with Crippen LogP contribution in [0.1, 0.15) is 19.4 Å². The Balaban J connectivity index is 1.43. The van der Waals surface area contributed by atoms with Crippen molar-refractivity contribution >= 4 is 61.7 Å². The Kier molecular flexibility index (Phi) is 8.32. The summed E-state index contributed by atoms with van der Waals surface area (Å²) >= 11 is 6.76. The molecule has 6 nitrogen and oxygen atoms in total. The number of hydrogen-bond donors (Lipinski definition) is 1. The molecule has 0 fully saturated rings. The van der Waals surface area contributed by atoms with Crippen molar-refractivity contribution in [1.82, 2.24) is 9.47 Å². The van der Waals surface area contributed by atoms with Gasteiger partial charge in [0, 0.05) is 6.54 Å². The Hall–Kier alpha value is -4.39. The maximum absolute atomic E-state index is 14.5. The van der Waals surface area contributed by atoms with E-state index in [1.54, 1.807) is 0 Å². The van der Waals surface area contributed by atoms with E-state index in [0.29, 0.717) is 23.2 Å². The van der Waals surface area contributed by atoms with Gasteiger partial charge in [0.15, 0.2) is 6.54 Å². The highest BCUT2D eigenvalue weighted by atomic mass is 35.5. The van der Waals surface area contributed by atoms with Gasteiger partial charge in [0.1, 0.15) is 11.0 Å². The Morgan fingerprint density at radius 1 is 0.837 bits per heavy atom. The number of nitrogens with two attached hydrogens (primary N) is 1. The van der Waals surface area contributed by atoms with Gasteiger partial charge in [0.05, 0.1) is 23.8 Å². The van der Waals surface area contributed by atoms with Crippen LogP contribution in [-0.4, -0.2) is 35.0 Å². The monoisotopic (exact) mass is 590 g/mol. The topological polar surface area (TPSA) is 58.4 Å². The lowest BCUT2D eigenvalue weighted by Gasteiger charge is -2.25. The van der Waals surface area contributed by atoms with Crippen LogP contribution in [0.4, 0.5) is 11.6 Å². The lowest BCUT2D eigenvalue weighted by molar-refractivity contribution is -0.644. The molecule has 1 amide bonds. The third-order valence-corrected chi connectivity index (χ3v) is 8.81. The van der Waals surface area contributed by atoms with E-state index in [9.17, 15) is 4.79 Å². The fraction of sp³-hybridized carbons (Fsp3) is 0.222. The predicted molar refractivity (Wildman–Crippen MR) is 178 cm³/mol. The van der Waals surface area contributed by atoms with Crippen LogP contribution in [0.5, 0.6) is 0 Å². The highest BCUT2D eigenvalue weighted by Crippen LogP contribution is 2.33. The van der Waals surface area contributed by atoms with Crippen LogP contribution in [-0.2, 0) is 24.4 Å². The molecule has 0 aliphatic carbocycles. The number of hydrogen-bond acceptors (Lipinski definition) is 3. The number of carbonyl (C=O) groups excluding carboxylic acids is 1. The quantitative estimate of drug-likeness (QED) is 0.137. The van der Waals surface area contributed by atoms with Gasteiger partial charge in [-0.15, -0.1) is 0 Å². The van der Waals surface area contributed by atoms with E-state index in [4.69, 9.17) is 17.3 Å². The summed E-state index contributed by atoms with van der Waals surface area (Å²) in [5.41, 5.74) is 10.5. The molecule has 218 valence electrons. The van der Waals surface area contributed by atoms with Crippen LogP contribution in [0.15, 0.2) is 103 Å². The molecule has 0 bridgehead atoms. The number of amides is 1. The fourth-order valence-corrected chi connectivity index (χ4v) is 6.37. The van der Waals surface area contributed by atoms with Crippen LogP contribution in [0.3, 0.4) is 0 Å². The summed E-state index contributed by atoms with van der Waals surface area (Å²) in [7, 11) is 0. The number of rotatable bonds is 10. The molecular weight excluding hydrogens is 554 g/mol. The van der Waals surface area contributed by atoms with Crippen LogP contribution < -0.4 is 15.2 Å². The molecule has 1 heterocycles. The molecule has 7 heteroatoms. The van der Waals surface area contributed by atoms with Gasteiger partial charge in [0.25, 0.3) is 5.91 Å². The second kappa shape index (κ2) is 12.5. The molecule has 2 N–H and O–H groups in total. The van der Waals surface area contributed by atoms with Crippen LogP contribution in [0, 0.1) is 0 Å². The first-order valence-corrected chi connectivity index (χ1v) is 15.3. The van der Waals surface area contributed by atoms with Gasteiger partial charge in [-0.1, -0.05) is 98.2 Å². The third kappa shape index (κ3) is 5.56. The molecule has 5 aromatic carbocycles. The van der Waals surface area contributed by atoms with Crippen molar-refractivity contribution in [2.75, 3.05) is 30.3 Å². The number of nitrogen functional groups attached to an aromatic ring is 1. The first-order valence-electron chi connectivity index (χ1n) is 14.9. The molecule has 0 saturated heterocycles. The smallest absolute Gasteiger partial charge is 0.304 e. The first kappa shape index (κ1) is 28.7. The Bertz CT molecular complexity index is 1870. The number of carbonyl (C=O) groups is 1. The van der Waals surface area contributed by atoms with Gasteiger partial charge in [-0.3, -0.25) is 10.5 Å². The fourth-order valence-electron chi connectivity index (χ4n) is 6.13. The summed E-state index contributed by atoms with van der Waals surface area (Å²) in [4.78, 5) is 18.7. The molecule has 6 rings (SSSR count). The van der Waals surface area contributed by atoms with E-state index in [-0.39, 0.29) is 12.5 Å². The van der Waals surface area contributed by atoms with Gasteiger partial charge >= 0.3 is 5.95 Å². The lowest BCUT2D eigenvalue weighted by Crippen LogP contribution is -2.46. The number of halogens is 1. The minimum atomic E-state index is -0.0894. The van der Waals surface area contributed by atoms with Gasteiger partial charge in [-0.2, -0.15) is 0 Å². The Labute approximate surface area is 257 Å². The van der Waals surface area contributed by atoms with Crippen molar-refractivity contribution in [3.05, 3.63) is 114 Å². The molecule has 0 unspecified atom stereocenters. The second-order valence-electron chi connectivity index (χ2n) is 10.8. The largest absolute Gasteiger partial charge is 0.356 e. The van der Waals surface area contributed by atoms with E-state index in [1.165, 1.54) is 0 Å². The van der Waals surface area contributed by atoms with Crippen LogP contribution in [0.25, 0.3) is 32.6 Å². The number of aromatic nitrogens is 2. The van der Waals surface area contributed by atoms with Crippen molar-refractivity contribution in [2.45, 2.75) is 33.5 Å². The van der Waals surface area contributed by atoms with Crippen molar-refractivity contribution in [2.24, 2.45) is 0 Å². The molecule has 1 aromatic heterocycles. The Morgan fingerprint density at radius 3 is 2.12 bits per heavy atom. The zero-order chi connectivity index (χ0) is 29.9. The molecule has 6 aromatic rings. The van der Waals surface area contributed by atoms with Crippen molar-refractivity contribution < 1.29 is 9.36 Å². The van der Waals surface area contributed by atoms with Gasteiger partial charge in [0.2, 0.25) is 0 Å². The van der Waals surface area contributed by atoms with Crippen molar-refractivity contribution in [3.63, 3.8) is 0 Å². The van der Waals surface area contributed by atoms with Crippen molar-refractivity contribution in [3.8, 4) is 0 Å². The number of anilines is 2. The van der Waals surface area contributed by atoms with Gasteiger partial charge < -0.3 is 9.80 Å². The summed E-state index contributed by atoms with van der Waals surface area (Å²) in [6.45, 7) is 8.36. The molecule has 43 heavy (non-hydrogen) atoms. The number of fused-ring (bicyclic) bond motifs is 3. The average molecular weight is 591 g/mol. The second-order valence-corrected chi connectivity index (χ2v) is 11.2. The van der Waals surface area contributed by atoms with E-state index in [2.05, 4.69) is 59.7 Å². The summed E-state index contributed by atoms with van der Waals surface area (Å²) in [5.74, 6) is 0.477. The molecule has 0 aliphatic rings. The summed E-state index contributed by atoms with van der Waals surface area (Å²) in [6.07, 6.45) is 0. The van der Waals surface area contributed by atoms with E-state index < -0.39 is 0 Å². The van der Waals surface area contributed by atoms with E-state index in [1.807, 2.05) is 76.2 Å². The number of nitrogens with zero attached hydrogens (tertiary/aromatic N) is 4. The van der Waals surface area contributed by atoms with E-state index >= 15 is 0 Å². The third-order valence-electron chi connectivity index (χ3n) is 8.49. The lowest BCUT2D eigenvalue weighted by atomic mass is 9.96. The minimum absolute atomic E-state index is 0.0819. The number of benzene rings is 5. The highest BCUT2D eigenvalue weighted by molar-refractivity contribution is 6.33. The van der Waals surface area contributed by atoms with Crippen LogP contribution in [0.2, 0.25) is 5.02 Å². The van der Waals surface area contributed by atoms with Gasteiger partial charge in [-0.25, -0.2) is 9.13 Å². The molecule has 0 aliphatic heterocycles. The maximum atomic E-state index is 14.5. The number of likely N-dealkylation sites (N-methyl/N-ethyl adjacent to an activating group) is 1. The minimum Gasteiger partial charge on any atom is -0.304 e. The number of para-hydroxylation sites is 3. The molecule has 0 saturated carbocycles. The SMILES string of the molecule is CCN(CC)CCn1c(N)[n+](CC(=O)N(Cc2c3ccccc3cc3ccccc23)c2ccccc2Cl)c2ccccc21. The molecule has 0 atom stereocenters. The van der Waals surface area contributed by atoms with Crippen molar-refractivity contribution in [1.29, 1.82) is 0 Å². The molecular formula is C36H37ClN5O+. The van der Waals surface area contributed by atoms with E-state index in [0.717, 1.165) is 64.3 Å². The summed E-state index contributed by atoms with van der Waals surface area (Å²) in [6, 6.07) is 34.6. The number of imidazole rings is 1. The van der Waals surface area contributed by atoms with Crippen LogP contribution >= 0.6 is 11.6 Å². The zero-order valence-corrected chi connectivity index (χ0v) is 25.5. The Morgan fingerprint density at radius 2 is 1.44 bits per heavy atom. The first-order chi connectivity index (χ1) is 21.0. The maximum Gasteiger partial charge on any atom is 0.356 e.